The Balaban J connectivity index is 2.09. The quantitative estimate of drug-likeness (QED) is 0.270. The monoisotopic (exact) mass is 424 g/mol. The predicted molar refractivity (Wildman–Crippen MR) is 114 cm³/mol. The number of amides is 1. The van der Waals surface area contributed by atoms with E-state index >= 15 is 0 Å². The standard InChI is InChI=1S/C23H24N2O6/c1-28-11-10-25-22(26)19(14-24)12-17-6-9-20(21(13-17)29-2)31-15-16-4-7-18(8-5-16)23(27)30-3/h4-9,12-13H,10-11,15H2,1-3H3,(H,25,26)/b19-12+. The minimum atomic E-state index is -0.478. The molecule has 1 amide bonds. The number of carbonyl (C=O) groups is 2. The van der Waals surface area contributed by atoms with E-state index in [1.807, 2.05) is 6.07 Å². The number of nitrogens with zero attached hydrogens (tertiary/aromatic N) is 1. The molecular formula is C23H24N2O6. The van der Waals surface area contributed by atoms with Crippen LogP contribution in [0.4, 0.5) is 0 Å². The van der Waals surface area contributed by atoms with Gasteiger partial charge in [-0.15, -0.1) is 0 Å². The Hall–Kier alpha value is -3.83. The Bertz CT molecular complexity index is 977. The first-order valence-electron chi connectivity index (χ1n) is 9.39. The molecule has 2 rings (SSSR count). The number of methoxy groups -OCH3 is 3. The Morgan fingerprint density at radius 1 is 1.06 bits per heavy atom. The van der Waals surface area contributed by atoms with Crippen LogP contribution in [0.1, 0.15) is 21.5 Å². The average molecular weight is 424 g/mol. The number of carbonyl (C=O) groups excluding carboxylic acids is 2. The summed E-state index contributed by atoms with van der Waals surface area (Å²) in [4.78, 5) is 23.6. The topological polar surface area (TPSA) is 107 Å². The van der Waals surface area contributed by atoms with Gasteiger partial charge < -0.3 is 24.3 Å². The van der Waals surface area contributed by atoms with Gasteiger partial charge in [-0.05, 0) is 41.5 Å². The number of hydrogen-bond donors (Lipinski definition) is 1. The van der Waals surface area contributed by atoms with Gasteiger partial charge in [0.1, 0.15) is 18.2 Å². The van der Waals surface area contributed by atoms with Crippen molar-refractivity contribution in [3.8, 4) is 17.6 Å². The van der Waals surface area contributed by atoms with E-state index < -0.39 is 11.9 Å². The summed E-state index contributed by atoms with van der Waals surface area (Å²) in [6, 6.07) is 13.9. The molecule has 1 N–H and O–H groups in total. The summed E-state index contributed by atoms with van der Waals surface area (Å²) in [5.41, 5.74) is 1.90. The smallest absolute Gasteiger partial charge is 0.337 e. The molecule has 0 saturated heterocycles. The highest BCUT2D eigenvalue weighted by Crippen LogP contribution is 2.29. The van der Waals surface area contributed by atoms with Crippen molar-refractivity contribution in [1.82, 2.24) is 5.32 Å². The third kappa shape index (κ3) is 6.87. The molecule has 2 aromatic rings. The lowest BCUT2D eigenvalue weighted by Crippen LogP contribution is -2.27. The lowest BCUT2D eigenvalue weighted by Gasteiger charge is -2.12. The van der Waals surface area contributed by atoms with Crippen LogP contribution in [0.25, 0.3) is 6.08 Å². The molecule has 0 heterocycles. The van der Waals surface area contributed by atoms with Gasteiger partial charge >= 0.3 is 5.97 Å². The van der Waals surface area contributed by atoms with Crippen LogP contribution in [0.2, 0.25) is 0 Å². The molecule has 8 nitrogen and oxygen atoms in total. The van der Waals surface area contributed by atoms with Gasteiger partial charge in [0.2, 0.25) is 0 Å². The van der Waals surface area contributed by atoms with Crippen molar-refractivity contribution in [2.24, 2.45) is 0 Å². The van der Waals surface area contributed by atoms with E-state index in [2.05, 4.69) is 10.1 Å². The van der Waals surface area contributed by atoms with Gasteiger partial charge in [-0.3, -0.25) is 4.79 Å². The van der Waals surface area contributed by atoms with E-state index in [0.29, 0.717) is 35.8 Å². The maximum atomic E-state index is 12.1. The maximum absolute atomic E-state index is 12.1. The molecule has 0 spiro atoms. The van der Waals surface area contributed by atoms with Crippen LogP contribution >= 0.6 is 0 Å². The minimum absolute atomic E-state index is 0.0301. The zero-order valence-corrected chi connectivity index (χ0v) is 17.6. The van der Waals surface area contributed by atoms with E-state index in [-0.39, 0.29) is 12.2 Å². The minimum Gasteiger partial charge on any atom is -0.493 e. The fourth-order valence-electron chi connectivity index (χ4n) is 2.59. The second kappa shape index (κ2) is 12.0. The summed E-state index contributed by atoms with van der Waals surface area (Å²) < 4.78 is 20.8. The highest BCUT2D eigenvalue weighted by atomic mass is 16.5. The van der Waals surface area contributed by atoms with Gasteiger partial charge in [0.05, 0.1) is 26.4 Å². The largest absolute Gasteiger partial charge is 0.493 e. The molecule has 0 atom stereocenters. The summed E-state index contributed by atoms with van der Waals surface area (Å²) in [6.07, 6.45) is 1.47. The van der Waals surface area contributed by atoms with Crippen molar-refractivity contribution >= 4 is 18.0 Å². The van der Waals surface area contributed by atoms with E-state index in [1.165, 1.54) is 27.4 Å². The number of benzene rings is 2. The van der Waals surface area contributed by atoms with Crippen molar-refractivity contribution in [2.45, 2.75) is 6.61 Å². The summed E-state index contributed by atoms with van der Waals surface area (Å²) in [7, 11) is 4.36. The van der Waals surface area contributed by atoms with Gasteiger partial charge in [0.25, 0.3) is 5.91 Å². The van der Waals surface area contributed by atoms with Gasteiger partial charge in [-0.1, -0.05) is 18.2 Å². The second-order valence-electron chi connectivity index (χ2n) is 6.31. The molecular weight excluding hydrogens is 400 g/mol. The lowest BCUT2D eigenvalue weighted by atomic mass is 10.1. The van der Waals surface area contributed by atoms with Crippen LogP contribution in [-0.4, -0.2) is 46.4 Å². The van der Waals surface area contributed by atoms with Gasteiger partial charge in [-0.25, -0.2) is 4.79 Å². The van der Waals surface area contributed by atoms with Crippen LogP contribution in [0.3, 0.4) is 0 Å². The predicted octanol–water partition coefficient (Wildman–Crippen LogP) is 2.73. The highest BCUT2D eigenvalue weighted by Gasteiger charge is 2.11. The molecule has 0 aliphatic heterocycles. The normalized spacial score (nSPS) is 10.7. The van der Waals surface area contributed by atoms with Gasteiger partial charge in [-0.2, -0.15) is 5.26 Å². The Morgan fingerprint density at radius 2 is 1.81 bits per heavy atom. The number of esters is 1. The molecule has 31 heavy (non-hydrogen) atoms. The van der Waals surface area contributed by atoms with Crippen molar-refractivity contribution in [3.63, 3.8) is 0 Å². The lowest BCUT2D eigenvalue weighted by molar-refractivity contribution is -0.117. The second-order valence-corrected chi connectivity index (χ2v) is 6.31. The Morgan fingerprint density at radius 3 is 2.42 bits per heavy atom. The third-order valence-electron chi connectivity index (χ3n) is 4.22. The van der Waals surface area contributed by atoms with Crippen molar-refractivity contribution in [3.05, 3.63) is 64.7 Å². The van der Waals surface area contributed by atoms with Gasteiger partial charge in [0.15, 0.2) is 11.5 Å². The van der Waals surface area contributed by atoms with Crippen LogP contribution in [0, 0.1) is 11.3 Å². The van der Waals surface area contributed by atoms with Crippen molar-refractivity contribution in [1.29, 1.82) is 5.26 Å². The molecule has 0 bridgehead atoms. The molecule has 0 unspecified atom stereocenters. The zero-order chi connectivity index (χ0) is 22.6. The Kier molecular flexibility index (Phi) is 9.08. The summed E-state index contributed by atoms with van der Waals surface area (Å²) >= 11 is 0. The fraction of sp³-hybridized carbons (Fsp3) is 0.261. The molecule has 0 fully saturated rings. The van der Waals surface area contributed by atoms with E-state index in [0.717, 1.165) is 5.56 Å². The average Bonchev–Trinajstić information content (AvgIpc) is 2.81. The van der Waals surface area contributed by atoms with Crippen LogP contribution in [0.5, 0.6) is 11.5 Å². The first kappa shape index (κ1) is 23.4. The van der Waals surface area contributed by atoms with E-state index in [4.69, 9.17) is 14.2 Å². The molecule has 0 aromatic heterocycles. The van der Waals surface area contributed by atoms with Crippen molar-refractivity contribution in [2.75, 3.05) is 34.5 Å². The van der Waals surface area contributed by atoms with Crippen LogP contribution in [-0.2, 0) is 20.9 Å². The zero-order valence-electron chi connectivity index (χ0n) is 17.6. The van der Waals surface area contributed by atoms with E-state index in [9.17, 15) is 14.9 Å². The number of nitrogens with one attached hydrogen (secondary N) is 1. The number of ether oxygens (including phenoxy) is 4. The molecule has 8 heteroatoms. The summed E-state index contributed by atoms with van der Waals surface area (Å²) in [5, 5.41) is 11.9. The first-order chi connectivity index (χ1) is 15.0. The summed E-state index contributed by atoms with van der Waals surface area (Å²) in [6.45, 7) is 0.930. The molecule has 0 aliphatic carbocycles. The van der Waals surface area contributed by atoms with Crippen molar-refractivity contribution < 1.29 is 28.5 Å². The molecule has 0 radical (unpaired) electrons. The first-order valence-corrected chi connectivity index (χ1v) is 9.39. The van der Waals surface area contributed by atoms with Gasteiger partial charge in [0, 0.05) is 13.7 Å². The highest BCUT2D eigenvalue weighted by molar-refractivity contribution is 6.01. The SMILES string of the molecule is COCCNC(=O)/C(C#N)=C/c1ccc(OCc2ccc(C(=O)OC)cc2)c(OC)c1. The number of nitriles is 1. The molecule has 0 saturated carbocycles. The maximum Gasteiger partial charge on any atom is 0.337 e. The molecule has 162 valence electrons. The Labute approximate surface area is 181 Å². The fourth-order valence-corrected chi connectivity index (χ4v) is 2.59. The number of rotatable bonds is 10. The third-order valence-corrected chi connectivity index (χ3v) is 4.22. The van der Waals surface area contributed by atoms with Crippen LogP contribution < -0.4 is 14.8 Å². The van der Waals surface area contributed by atoms with E-state index in [1.54, 1.807) is 42.5 Å². The molecule has 2 aromatic carbocycles. The van der Waals surface area contributed by atoms with Crippen LogP contribution in [0.15, 0.2) is 48.0 Å². The summed E-state index contributed by atoms with van der Waals surface area (Å²) in [5.74, 6) is 0.0768. The number of hydrogen-bond acceptors (Lipinski definition) is 7. The molecule has 0 aliphatic rings.